The highest BCUT2D eigenvalue weighted by molar-refractivity contribution is 9.93. The third kappa shape index (κ3) is 13.4. The first-order chi connectivity index (χ1) is 50.5. The molecule has 12 atom stereocenters. The van der Waals surface area contributed by atoms with Crippen LogP contribution >= 0.6 is 44.2 Å². The van der Waals surface area contributed by atoms with Crippen LogP contribution in [0.15, 0.2) is 87.1 Å². The molecule has 3 aromatic carbocycles. The number of carbonyl (C=O) groups excluding carboxylic acids is 12. The molecule has 9 aliphatic carbocycles. The van der Waals surface area contributed by atoms with Gasteiger partial charge in [-0.25, -0.2) is 0 Å². The lowest BCUT2D eigenvalue weighted by Gasteiger charge is -2.50. The summed E-state index contributed by atoms with van der Waals surface area (Å²) in [7, 11) is 9.18. The molecule has 0 unspecified atom stereocenters. The van der Waals surface area contributed by atoms with E-state index in [4.69, 9.17) is 17.2 Å². The smallest absolute Gasteiger partial charge is 0.255 e. The van der Waals surface area contributed by atoms with Gasteiger partial charge in [0.2, 0.25) is 17.3 Å². The number of aromatic hydroxyl groups is 3. The molecule has 33 heteroatoms. The van der Waals surface area contributed by atoms with E-state index in [9.17, 15) is 119 Å². The van der Waals surface area contributed by atoms with Crippen molar-refractivity contribution in [1.29, 1.82) is 0 Å². The van der Waals surface area contributed by atoms with Crippen molar-refractivity contribution in [2.75, 3.05) is 47.6 Å². The Hall–Kier alpha value is -9.06. The van der Waals surface area contributed by atoms with Crippen molar-refractivity contribution in [1.82, 2.24) is 14.7 Å². The Morgan fingerprint density at radius 3 is 0.954 bits per heavy atom. The number of hydrogen-bond donors (Lipinski definition) is 15. The fourth-order valence-electron chi connectivity index (χ4n) is 17.1. The van der Waals surface area contributed by atoms with Gasteiger partial charge in [0.15, 0.2) is 51.5 Å². The Morgan fingerprint density at radius 1 is 0.454 bits per heavy atom. The Balaban J connectivity index is 0.000000198. The minimum atomic E-state index is -2.69. The van der Waals surface area contributed by atoms with Gasteiger partial charge >= 0.3 is 0 Å². The van der Waals surface area contributed by atoms with Crippen LogP contribution in [0.5, 0.6) is 17.2 Å². The Labute approximate surface area is 642 Å². The van der Waals surface area contributed by atoms with Crippen LogP contribution in [0.3, 0.4) is 0 Å². The normalized spacial score (nSPS) is 27.3. The fraction of sp³-hybridized carbons (Fsp3) is 0.440. The average molecular weight is 1690 g/mol. The molecule has 0 heterocycles. The van der Waals surface area contributed by atoms with Gasteiger partial charge in [0.05, 0.1) is 40.1 Å². The van der Waals surface area contributed by atoms with Gasteiger partial charge in [0.1, 0.15) is 68.5 Å². The summed E-state index contributed by atoms with van der Waals surface area (Å²) in [5.74, 6) is -22.3. The number of Topliss-reactive ketones (excluding diaryl/α,β-unsaturated/α-hetero) is 9. The number of phenols is 3. The van der Waals surface area contributed by atoms with E-state index in [2.05, 4.69) is 58.0 Å². The number of phenolic OH excluding ortho intramolecular Hbond substituents is 3. The lowest BCUT2D eigenvalue weighted by Crippen LogP contribution is -2.65. The van der Waals surface area contributed by atoms with E-state index in [0.29, 0.717) is 28.7 Å². The van der Waals surface area contributed by atoms with Crippen molar-refractivity contribution in [2.24, 2.45) is 52.7 Å². The standard InChI is InChI=1S/C26H30N2O8.C23H23BrN2O8.C23H24N2O8.C3H8.Br2/c1-4-5-6-15(29)12-7-8-16(30)18-13(12)9-11-10-14-20(28(2)3)22(32)19(25(27)35)24(34)26(14,36)23(33)17(11)21(18)31;1-26(2)17-11-6-8-5-10-9(13(28)7-24)3-4-12(27)15(10)18(29)14(8)20(31)23(11,34)21(32)16(19(17)30)22(25)33;1-8(26)10-4-5-13(27)15-11(10)6-9-7-12-17(25(2)3)19(29)16(22(24)32)21(31)23(12,33)20(30)14(9)18(15)28;1-3-2;1-2/h7-8,11,14,20,30-31,34,36H,4-6,9-10H2,1-3H3,(H2,27,35);3-4,8,11,17,27,29,32,34H,5-7H2,1-2H3,(H2,25,33);4-5,9,12,17,27-28,31,33H,6-7H2,1-3H3,(H2,24,32);3H2,1-2H3;/t11-,14-,20-,26-;8-,11-,17-,23-;9-,12-,17-,23-;;/m000../s1. The number of aliphatic hydroxyl groups is 9. The van der Waals surface area contributed by atoms with Crippen LogP contribution in [-0.2, 0) is 62.4 Å². The molecule has 3 aromatic rings. The van der Waals surface area contributed by atoms with Gasteiger partial charge in [0.25, 0.3) is 17.7 Å². The minimum Gasteiger partial charge on any atom is -0.508 e. The molecule has 0 radical (unpaired) electrons. The predicted octanol–water partition coefficient (Wildman–Crippen LogP) is 5.15. The van der Waals surface area contributed by atoms with Crippen LogP contribution in [0, 0.1) is 35.5 Å². The fourth-order valence-corrected chi connectivity index (χ4v) is 17.4. The van der Waals surface area contributed by atoms with Crippen molar-refractivity contribution >= 4 is 131 Å². The maximum absolute atomic E-state index is 13.8. The summed E-state index contributed by atoms with van der Waals surface area (Å²) in [5.41, 5.74) is 6.15. The Kier molecular flexibility index (Phi) is 25.0. The SMILES string of the molecule is BrBr.CC(=O)c1ccc(O)c2c1C[C@H]1C[C@H]3[C@H](N(C)C)C(=O)C(C(N)=O)=C(O)[C@@]3(O)C(=O)C1=C2O.CCC.CCCCC(=O)c1ccc(O)c2c1C[C@H]1C[C@H]3[C@H](N(C)C)C(=O)C(C(N)=O)=C(O)[C@@]3(O)C(=O)C1=C2O.CN(C)[C@@H]1C(=O)C(C(N)=O)=C(O)[C@@]2(O)C(=O)C3=C(O)c4c(O)ccc(C(=O)CBr)c4C[C@H]3C[C@@H]12. The molecule has 0 aromatic heterocycles. The van der Waals surface area contributed by atoms with E-state index < -0.39 is 174 Å². The first kappa shape index (κ1) is 84.6. The van der Waals surface area contributed by atoms with Gasteiger partial charge in [-0.15, -0.1) is 0 Å². The van der Waals surface area contributed by atoms with Crippen LogP contribution in [0.1, 0.15) is 137 Å². The van der Waals surface area contributed by atoms with Crippen LogP contribution in [0.2, 0.25) is 0 Å². The predicted molar refractivity (Wildman–Crippen MR) is 399 cm³/mol. The number of alkyl halides is 1. The number of halogens is 3. The molecule has 0 aliphatic heterocycles. The van der Waals surface area contributed by atoms with E-state index in [1.807, 2.05) is 6.92 Å². The van der Waals surface area contributed by atoms with Crippen molar-refractivity contribution in [3.63, 3.8) is 0 Å². The van der Waals surface area contributed by atoms with Crippen LogP contribution in [0.25, 0.3) is 17.3 Å². The van der Waals surface area contributed by atoms with Crippen LogP contribution < -0.4 is 17.2 Å². The molecule has 0 spiro atoms. The molecule has 0 saturated heterocycles. The van der Waals surface area contributed by atoms with Crippen LogP contribution in [-0.4, -0.2) is 228 Å². The van der Waals surface area contributed by atoms with Crippen molar-refractivity contribution in [2.45, 2.75) is 127 Å². The van der Waals surface area contributed by atoms with Gasteiger partial charge in [-0.3, -0.25) is 72.2 Å². The zero-order valence-electron chi connectivity index (χ0n) is 60.4. The number of unbranched alkanes of at least 4 members (excludes halogenated alkanes) is 1. The number of carbonyl (C=O) groups is 12. The zero-order valence-corrected chi connectivity index (χ0v) is 65.2. The molecule has 108 heavy (non-hydrogen) atoms. The maximum Gasteiger partial charge on any atom is 0.255 e. The number of amides is 3. The number of primary amides is 3. The average Bonchev–Trinajstić information content (AvgIpc) is 0.710. The molecule has 18 N–H and O–H groups in total. The largest absolute Gasteiger partial charge is 0.508 e. The molecule has 9 aliphatic rings. The summed E-state index contributed by atoms with van der Waals surface area (Å²) >= 11 is 8.61. The number of benzene rings is 3. The molecule has 12 rings (SSSR count). The second kappa shape index (κ2) is 31.9. The molecule has 3 fully saturated rings. The third-order valence-corrected chi connectivity index (χ3v) is 22.2. The Bertz CT molecular complexity index is 4640. The van der Waals surface area contributed by atoms with Crippen molar-refractivity contribution < 1.29 is 119 Å². The summed E-state index contributed by atoms with van der Waals surface area (Å²) < 4.78 is 0. The Morgan fingerprint density at radius 2 is 0.713 bits per heavy atom. The number of hydrogen-bond acceptors (Lipinski definition) is 27. The van der Waals surface area contributed by atoms with E-state index >= 15 is 0 Å². The second-order valence-electron chi connectivity index (χ2n) is 28.7. The van der Waals surface area contributed by atoms with Crippen LogP contribution in [0.4, 0.5) is 0 Å². The van der Waals surface area contributed by atoms with Gasteiger partial charge in [-0.2, -0.15) is 0 Å². The number of nitrogens with zero attached hydrogens (tertiary/aromatic N) is 3. The van der Waals surface area contributed by atoms with Gasteiger partial charge < -0.3 is 78.5 Å². The minimum absolute atomic E-state index is 0.000706. The van der Waals surface area contributed by atoms with Crippen molar-refractivity contribution in [3.05, 3.63) is 137 Å². The summed E-state index contributed by atoms with van der Waals surface area (Å²) in [6, 6.07) is 4.59. The van der Waals surface area contributed by atoms with E-state index in [1.165, 1.54) is 107 Å². The highest BCUT2D eigenvalue weighted by Crippen LogP contribution is 2.57. The summed E-state index contributed by atoms with van der Waals surface area (Å²) in [4.78, 5) is 158. The molecular formula is C75H85Br3N6O24. The summed E-state index contributed by atoms with van der Waals surface area (Å²) in [5, 5.41) is 132. The first-order valence-corrected chi connectivity index (χ1v) is 39.1. The number of rotatable bonds is 13. The molecule has 580 valence electrons. The molecule has 30 nitrogen and oxygen atoms in total. The van der Waals surface area contributed by atoms with E-state index in [1.54, 1.807) is 0 Å². The molecule has 0 bridgehead atoms. The van der Waals surface area contributed by atoms with E-state index in [0.717, 1.165) is 6.42 Å². The highest BCUT2D eigenvalue weighted by Gasteiger charge is 2.68. The lowest BCUT2D eigenvalue weighted by atomic mass is 9.57. The van der Waals surface area contributed by atoms with Gasteiger partial charge in [-0.1, -0.05) is 49.5 Å². The monoisotopic (exact) mass is 1690 g/mol. The zero-order chi connectivity index (χ0) is 81.2. The molecular weight excluding hydrogens is 1610 g/mol. The number of fused-ring (bicyclic) bond motifs is 9. The highest BCUT2D eigenvalue weighted by atomic mass is 80.9. The van der Waals surface area contributed by atoms with E-state index in [-0.39, 0.29) is 129 Å². The van der Waals surface area contributed by atoms with Gasteiger partial charge in [-0.05, 0) is 165 Å². The number of aliphatic hydroxyl groups excluding tert-OH is 6. The van der Waals surface area contributed by atoms with Crippen molar-refractivity contribution in [3.8, 4) is 17.2 Å². The quantitative estimate of drug-likeness (QED) is 0.0597. The number of nitrogens with two attached hydrogens (primary N) is 3. The molecule has 3 saturated carbocycles. The molecule has 3 amide bonds. The first-order valence-electron chi connectivity index (χ1n) is 34.3. The maximum atomic E-state index is 13.8. The summed E-state index contributed by atoms with van der Waals surface area (Å²) in [6.45, 7) is 7.54. The third-order valence-electron chi connectivity index (χ3n) is 21.7. The summed E-state index contributed by atoms with van der Waals surface area (Å²) in [6.07, 6.45) is 3.15. The second-order valence-corrected chi connectivity index (χ2v) is 29.2. The lowest BCUT2D eigenvalue weighted by molar-refractivity contribution is -0.155. The number of ketones is 9. The number of likely N-dealkylation sites (N-methyl/N-ethyl adjacent to an activating group) is 3. The van der Waals surface area contributed by atoms with Gasteiger partial charge in [0, 0.05) is 85.8 Å². The topological polar surface area (TPSA) is 535 Å².